The number of nitrogens with one attached hydrogen (secondary N) is 1. The van der Waals surface area contributed by atoms with E-state index in [1.807, 2.05) is 31.3 Å². The summed E-state index contributed by atoms with van der Waals surface area (Å²) in [6.45, 7) is 0.883. The molecule has 0 aliphatic heterocycles. The number of nitrogens with zero attached hydrogens (tertiary/aromatic N) is 3. The number of benzene rings is 1. The number of hydrogen-bond acceptors (Lipinski definition) is 3. The molecule has 1 saturated carbocycles. The maximum absolute atomic E-state index is 11.9. The number of methoxy groups -OCH3 is 1. The van der Waals surface area contributed by atoms with Crippen molar-refractivity contribution in [2.75, 3.05) is 34.8 Å². The molecule has 1 fully saturated rings. The fourth-order valence-corrected chi connectivity index (χ4v) is 2.89. The van der Waals surface area contributed by atoms with Crippen LogP contribution in [0.15, 0.2) is 29.3 Å². The van der Waals surface area contributed by atoms with Crippen molar-refractivity contribution in [1.82, 2.24) is 15.1 Å². The first-order chi connectivity index (χ1) is 12.0. The molecule has 0 saturated heterocycles. The lowest BCUT2D eigenvalue weighted by Crippen LogP contribution is -2.43. The summed E-state index contributed by atoms with van der Waals surface area (Å²) in [6, 6.07) is 8.47. The number of rotatable bonds is 6. The topological polar surface area (TPSA) is 57.2 Å². The van der Waals surface area contributed by atoms with E-state index >= 15 is 0 Å². The van der Waals surface area contributed by atoms with Crippen LogP contribution in [-0.4, -0.2) is 62.5 Å². The van der Waals surface area contributed by atoms with Crippen LogP contribution >= 0.6 is 24.0 Å². The molecule has 1 aliphatic rings. The normalized spacial score (nSPS) is 14.5. The van der Waals surface area contributed by atoms with Crippen LogP contribution in [0.3, 0.4) is 0 Å². The molecule has 1 aromatic carbocycles. The Morgan fingerprint density at radius 3 is 2.35 bits per heavy atom. The van der Waals surface area contributed by atoms with Crippen LogP contribution in [0, 0.1) is 0 Å². The quantitative estimate of drug-likeness (QED) is 0.392. The molecule has 0 unspecified atom stereocenters. The van der Waals surface area contributed by atoms with Crippen LogP contribution in [-0.2, 0) is 11.3 Å². The van der Waals surface area contributed by atoms with Crippen LogP contribution in [0.25, 0.3) is 0 Å². The first-order valence-electron chi connectivity index (χ1n) is 8.85. The predicted octanol–water partition coefficient (Wildman–Crippen LogP) is 2.72. The molecule has 0 radical (unpaired) electrons. The number of guanidine groups is 1. The molecule has 0 heterocycles. The Labute approximate surface area is 174 Å². The molecule has 146 valence electrons. The monoisotopic (exact) mass is 474 g/mol. The van der Waals surface area contributed by atoms with E-state index in [9.17, 15) is 4.79 Å². The van der Waals surface area contributed by atoms with E-state index in [-0.39, 0.29) is 36.4 Å². The van der Waals surface area contributed by atoms with Crippen LogP contribution in [0.1, 0.15) is 31.2 Å². The first-order valence-corrected chi connectivity index (χ1v) is 8.85. The van der Waals surface area contributed by atoms with E-state index in [0.717, 1.165) is 31.1 Å². The Bertz CT molecular complexity index is 584. The summed E-state index contributed by atoms with van der Waals surface area (Å²) in [6.07, 6.45) is 4.83. The Morgan fingerprint density at radius 2 is 1.81 bits per heavy atom. The van der Waals surface area contributed by atoms with Gasteiger partial charge in [-0.1, -0.05) is 25.0 Å². The molecule has 0 aromatic heterocycles. The predicted molar refractivity (Wildman–Crippen MR) is 116 cm³/mol. The summed E-state index contributed by atoms with van der Waals surface area (Å²) in [5.74, 6) is 1.64. The number of amides is 1. The standard InChI is InChI=1S/C19H30N4O2.HI/c1-22(2)18(24)13-20-19(21-16-7-5-6-8-16)23(3)14-15-9-11-17(25-4)12-10-15;/h9-12,16H,5-8,13-14H2,1-4H3,(H,20,21);1H. The minimum Gasteiger partial charge on any atom is -0.497 e. The fourth-order valence-electron chi connectivity index (χ4n) is 2.89. The number of hydrogen-bond donors (Lipinski definition) is 1. The minimum atomic E-state index is 0. The van der Waals surface area contributed by atoms with Crippen molar-refractivity contribution in [3.63, 3.8) is 0 Å². The molecule has 7 heteroatoms. The second-order valence-corrected chi connectivity index (χ2v) is 6.76. The van der Waals surface area contributed by atoms with Gasteiger partial charge in [-0.3, -0.25) is 4.79 Å². The molecule has 0 spiro atoms. The van der Waals surface area contributed by atoms with Gasteiger partial charge in [0.15, 0.2) is 5.96 Å². The lowest BCUT2D eigenvalue weighted by Gasteiger charge is -2.25. The zero-order valence-corrected chi connectivity index (χ0v) is 18.5. The van der Waals surface area contributed by atoms with Gasteiger partial charge in [0.1, 0.15) is 12.3 Å². The van der Waals surface area contributed by atoms with Crippen molar-refractivity contribution in [2.24, 2.45) is 4.99 Å². The molecule has 26 heavy (non-hydrogen) atoms. The molecule has 6 nitrogen and oxygen atoms in total. The summed E-state index contributed by atoms with van der Waals surface area (Å²) < 4.78 is 5.21. The third-order valence-corrected chi connectivity index (χ3v) is 4.49. The van der Waals surface area contributed by atoms with Crippen LogP contribution in [0.2, 0.25) is 0 Å². The molecule has 0 atom stereocenters. The first kappa shape index (κ1) is 22.5. The largest absolute Gasteiger partial charge is 0.497 e. The SMILES string of the molecule is COc1ccc(CN(C)C(=NCC(=O)N(C)C)NC2CCCC2)cc1.I. The van der Waals surface area contributed by atoms with Crippen LogP contribution < -0.4 is 10.1 Å². The Morgan fingerprint density at radius 1 is 1.19 bits per heavy atom. The number of carbonyl (C=O) groups excluding carboxylic acids is 1. The van der Waals surface area contributed by atoms with E-state index < -0.39 is 0 Å². The van der Waals surface area contributed by atoms with E-state index in [1.54, 1.807) is 26.1 Å². The Hall–Kier alpha value is -1.51. The smallest absolute Gasteiger partial charge is 0.243 e. The molecular formula is C19H31IN4O2. The number of carbonyl (C=O) groups is 1. The molecule has 1 aliphatic carbocycles. The van der Waals surface area contributed by atoms with Gasteiger partial charge in [0.2, 0.25) is 5.91 Å². The lowest BCUT2D eigenvalue weighted by atomic mass is 10.2. The van der Waals surface area contributed by atoms with Gasteiger partial charge in [-0.15, -0.1) is 24.0 Å². The summed E-state index contributed by atoms with van der Waals surface area (Å²) >= 11 is 0. The number of ether oxygens (including phenoxy) is 1. The van der Waals surface area contributed by atoms with E-state index in [2.05, 4.69) is 15.2 Å². The fraction of sp³-hybridized carbons (Fsp3) is 0.579. The van der Waals surface area contributed by atoms with E-state index in [4.69, 9.17) is 4.74 Å². The van der Waals surface area contributed by atoms with Gasteiger partial charge in [-0.2, -0.15) is 0 Å². The molecule has 1 amide bonds. The van der Waals surface area contributed by atoms with Crippen molar-refractivity contribution in [3.8, 4) is 5.75 Å². The summed E-state index contributed by atoms with van der Waals surface area (Å²) in [7, 11) is 7.18. The molecule has 1 N–H and O–H groups in total. The zero-order valence-electron chi connectivity index (χ0n) is 16.2. The van der Waals surface area contributed by atoms with Gasteiger partial charge < -0.3 is 19.9 Å². The van der Waals surface area contributed by atoms with Crippen molar-refractivity contribution < 1.29 is 9.53 Å². The summed E-state index contributed by atoms with van der Waals surface area (Å²) in [5.41, 5.74) is 1.17. The highest BCUT2D eigenvalue weighted by Crippen LogP contribution is 2.18. The third kappa shape index (κ3) is 7.01. The van der Waals surface area contributed by atoms with Gasteiger partial charge in [0.25, 0.3) is 0 Å². The third-order valence-electron chi connectivity index (χ3n) is 4.49. The van der Waals surface area contributed by atoms with Crippen molar-refractivity contribution >= 4 is 35.8 Å². The zero-order chi connectivity index (χ0) is 18.2. The number of halogens is 1. The van der Waals surface area contributed by atoms with Crippen molar-refractivity contribution in [3.05, 3.63) is 29.8 Å². The summed E-state index contributed by atoms with van der Waals surface area (Å²) in [5, 5.41) is 3.53. The van der Waals surface area contributed by atoms with Crippen LogP contribution in [0.5, 0.6) is 5.75 Å². The molecule has 1 aromatic rings. The molecule has 2 rings (SSSR count). The van der Waals surface area contributed by atoms with Crippen LogP contribution in [0.4, 0.5) is 0 Å². The van der Waals surface area contributed by atoms with Gasteiger partial charge in [-0.05, 0) is 30.5 Å². The van der Waals surface area contributed by atoms with Gasteiger partial charge in [0, 0.05) is 33.7 Å². The number of aliphatic imine (C=N–C) groups is 1. The second-order valence-electron chi connectivity index (χ2n) is 6.76. The lowest BCUT2D eigenvalue weighted by molar-refractivity contribution is -0.127. The molecular weight excluding hydrogens is 443 g/mol. The van der Waals surface area contributed by atoms with Gasteiger partial charge >= 0.3 is 0 Å². The Balaban J connectivity index is 0.00000338. The number of likely N-dealkylation sites (N-methyl/N-ethyl adjacent to an activating group) is 1. The highest BCUT2D eigenvalue weighted by Gasteiger charge is 2.18. The average Bonchev–Trinajstić information content (AvgIpc) is 3.11. The highest BCUT2D eigenvalue weighted by molar-refractivity contribution is 14.0. The van der Waals surface area contributed by atoms with Gasteiger partial charge in [-0.25, -0.2) is 4.99 Å². The maximum atomic E-state index is 11.9. The molecule has 0 bridgehead atoms. The minimum absolute atomic E-state index is 0. The summed E-state index contributed by atoms with van der Waals surface area (Å²) in [4.78, 5) is 20.1. The van der Waals surface area contributed by atoms with E-state index in [0.29, 0.717) is 6.04 Å². The maximum Gasteiger partial charge on any atom is 0.243 e. The van der Waals surface area contributed by atoms with E-state index in [1.165, 1.54) is 18.4 Å². The van der Waals surface area contributed by atoms with Crippen molar-refractivity contribution in [2.45, 2.75) is 38.3 Å². The van der Waals surface area contributed by atoms with Crippen molar-refractivity contribution in [1.29, 1.82) is 0 Å². The highest BCUT2D eigenvalue weighted by atomic mass is 127. The van der Waals surface area contributed by atoms with Gasteiger partial charge in [0.05, 0.1) is 7.11 Å². The average molecular weight is 474 g/mol. The second kappa shape index (κ2) is 11.3. The Kier molecular flexibility index (Phi) is 9.75.